The molecule has 3 rings (SSSR count). The van der Waals surface area contributed by atoms with Crippen molar-refractivity contribution >= 4 is 40.0 Å². The fourth-order valence-corrected chi connectivity index (χ4v) is 5.22. The number of esters is 1. The van der Waals surface area contributed by atoms with E-state index in [0.29, 0.717) is 22.9 Å². The van der Waals surface area contributed by atoms with Crippen LogP contribution in [0.5, 0.6) is 0 Å². The van der Waals surface area contributed by atoms with Crippen LogP contribution in [0.4, 0.5) is 5.00 Å². The number of hydrogen-bond acceptors (Lipinski definition) is 5. The van der Waals surface area contributed by atoms with Gasteiger partial charge in [0.2, 0.25) is 5.91 Å². The van der Waals surface area contributed by atoms with Crippen molar-refractivity contribution in [2.75, 3.05) is 30.8 Å². The monoisotopic (exact) mass is 405 g/mol. The maximum atomic E-state index is 12.5. The minimum atomic E-state index is -0.332. The van der Waals surface area contributed by atoms with E-state index in [1.807, 2.05) is 30.3 Å². The fraction of sp³-hybridized carbons (Fsp3) is 0.400. The number of carbonyl (C=O) groups is 2. The van der Waals surface area contributed by atoms with Gasteiger partial charge in [-0.05, 0) is 31.5 Å². The number of thiophene rings is 1. The van der Waals surface area contributed by atoms with Crippen molar-refractivity contribution in [2.24, 2.45) is 0 Å². The molecule has 0 bridgehead atoms. The first-order valence-electron chi connectivity index (χ1n) is 9.25. The van der Waals surface area contributed by atoms with E-state index in [4.69, 9.17) is 4.74 Å². The van der Waals surface area contributed by atoms with Crippen LogP contribution in [-0.2, 0) is 22.5 Å². The van der Waals surface area contributed by atoms with Gasteiger partial charge < -0.3 is 15.0 Å². The van der Waals surface area contributed by atoms with Crippen LogP contribution in [0.15, 0.2) is 35.2 Å². The zero-order chi connectivity index (χ0) is 19.2. The first-order valence-corrected chi connectivity index (χ1v) is 11.1. The number of anilines is 1. The first-order chi connectivity index (χ1) is 13.1. The number of rotatable bonds is 7. The third kappa shape index (κ3) is 4.91. The number of hydrogen-bond donors (Lipinski definition) is 2. The SMILES string of the molecule is CCOC(=O)c1c(NC(=O)CSc2ccccc2)sc2c1CC[NH+](CC)C2. The molecule has 5 nitrogen and oxygen atoms in total. The van der Waals surface area contributed by atoms with Crippen molar-refractivity contribution in [3.05, 3.63) is 46.3 Å². The summed E-state index contributed by atoms with van der Waals surface area (Å²) in [6, 6.07) is 9.82. The topological polar surface area (TPSA) is 59.8 Å². The Bertz CT molecular complexity index is 805. The molecule has 2 heterocycles. The van der Waals surface area contributed by atoms with E-state index < -0.39 is 0 Å². The fourth-order valence-electron chi connectivity index (χ4n) is 3.17. The van der Waals surface area contributed by atoms with Crippen molar-refractivity contribution in [2.45, 2.75) is 31.7 Å². The molecule has 27 heavy (non-hydrogen) atoms. The molecular formula is C20H25N2O3S2+. The highest BCUT2D eigenvalue weighted by Crippen LogP contribution is 2.35. The standard InChI is InChI=1S/C20H24N2O3S2/c1-3-22-11-10-15-16(12-22)27-19(18(15)20(24)25-4-2)21-17(23)13-26-14-8-6-5-7-9-14/h5-9H,3-4,10-13H2,1-2H3,(H,21,23)/p+1. The normalized spacial score (nSPS) is 15.9. The van der Waals surface area contributed by atoms with E-state index in [9.17, 15) is 9.59 Å². The van der Waals surface area contributed by atoms with E-state index >= 15 is 0 Å². The highest BCUT2D eigenvalue weighted by atomic mass is 32.2. The summed E-state index contributed by atoms with van der Waals surface area (Å²) in [6.45, 7) is 7.26. The maximum absolute atomic E-state index is 12.5. The lowest BCUT2D eigenvalue weighted by molar-refractivity contribution is -0.913. The van der Waals surface area contributed by atoms with E-state index in [0.717, 1.165) is 36.5 Å². The molecule has 144 valence electrons. The predicted octanol–water partition coefficient (Wildman–Crippen LogP) is 2.62. The van der Waals surface area contributed by atoms with Crippen LogP contribution >= 0.6 is 23.1 Å². The average molecular weight is 406 g/mol. The highest BCUT2D eigenvalue weighted by Gasteiger charge is 2.30. The molecule has 0 aliphatic carbocycles. The van der Waals surface area contributed by atoms with E-state index in [2.05, 4.69) is 12.2 Å². The third-order valence-electron chi connectivity index (χ3n) is 4.58. The molecule has 0 saturated heterocycles. The van der Waals surface area contributed by atoms with Gasteiger partial charge in [-0.3, -0.25) is 4.79 Å². The number of thioether (sulfide) groups is 1. The molecule has 0 spiro atoms. The van der Waals surface area contributed by atoms with E-state index in [1.54, 1.807) is 6.92 Å². The Balaban J connectivity index is 1.76. The van der Waals surface area contributed by atoms with Crippen LogP contribution in [0.3, 0.4) is 0 Å². The van der Waals surface area contributed by atoms with Crippen molar-refractivity contribution in [1.29, 1.82) is 0 Å². The van der Waals surface area contributed by atoms with Gasteiger partial charge >= 0.3 is 5.97 Å². The lowest BCUT2D eigenvalue weighted by Gasteiger charge is -2.22. The summed E-state index contributed by atoms with van der Waals surface area (Å²) >= 11 is 3.01. The summed E-state index contributed by atoms with van der Waals surface area (Å²) in [5.41, 5.74) is 1.62. The number of ether oxygens (including phenoxy) is 1. The Hall–Kier alpha value is -1.83. The summed E-state index contributed by atoms with van der Waals surface area (Å²) in [5, 5.41) is 3.59. The molecular weight excluding hydrogens is 380 g/mol. The highest BCUT2D eigenvalue weighted by molar-refractivity contribution is 8.00. The number of fused-ring (bicyclic) bond motifs is 1. The molecule has 1 aromatic carbocycles. The third-order valence-corrected chi connectivity index (χ3v) is 6.73. The summed E-state index contributed by atoms with van der Waals surface area (Å²) in [7, 11) is 0. The van der Waals surface area contributed by atoms with Gasteiger partial charge in [-0.2, -0.15) is 0 Å². The van der Waals surface area contributed by atoms with Gasteiger partial charge in [-0.25, -0.2) is 4.79 Å². The predicted molar refractivity (Wildman–Crippen MR) is 110 cm³/mol. The molecule has 0 saturated carbocycles. The van der Waals surface area contributed by atoms with Gasteiger partial charge in [0, 0.05) is 11.3 Å². The maximum Gasteiger partial charge on any atom is 0.341 e. The molecule has 2 aromatic rings. The van der Waals surface area contributed by atoms with Crippen LogP contribution in [-0.4, -0.2) is 37.3 Å². The minimum Gasteiger partial charge on any atom is -0.462 e. The Labute approximate surface area is 168 Å². The zero-order valence-electron chi connectivity index (χ0n) is 15.7. The van der Waals surface area contributed by atoms with Gasteiger partial charge in [-0.15, -0.1) is 23.1 Å². The number of likely N-dealkylation sites (N-methyl/N-ethyl adjacent to an activating group) is 1. The van der Waals surface area contributed by atoms with Crippen molar-refractivity contribution in [1.82, 2.24) is 0 Å². The van der Waals surface area contributed by atoms with Gasteiger partial charge in [0.05, 0.1) is 35.9 Å². The van der Waals surface area contributed by atoms with Crippen LogP contribution < -0.4 is 10.2 Å². The molecule has 2 N–H and O–H groups in total. The van der Waals surface area contributed by atoms with Crippen molar-refractivity contribution in [3.63, 3.8) is 0 Å². The molecule has 1 amide bonds. The number of quaternary nitrogens is 1. The minimum absolute atomic E-state index is 0.104. The van der Waals surface area contributed by atoms with Crippen molar-refractivity contribution in [3.8, 4) is 0 Å². The van der Waals surface area contributed by atoms with E-state index in [1.165, 1.54) is 32.9 Å². The summed E-state index contributed by atoms with van der Waals surface area (Å²) in [5.74, 6) is -0.130. The van der Waals surface area contributed by atoms with Crippen LogP contribution in [0.25, 0.3) is 0 Å². The quantitative estimate of drug-likeness (QED) is 0.549. The molecule has 1 unspecified atom stereocenters. The van der Waals surface area contributed by atoms with E-state index in [-0.39, 0.29) is 11.9 Å². The number of amides is 1. The van der Waals surface area contributed by atoms with Gasteiger partial charge in [0.1, 0.15) is 11.5 Å². The average Bonchev–Trinajstić information content (AvgIpc) is 3.04. The summed E-state index contributed by atoms with van der Waals surface area (Å²) < 4.78 is 5.26. The Morgan fingerprint density at radius 2 is 2.04 bits per heavy atom. The lowest BCUT2D eigenvalue weighted by Crippen LogP contribution is -3.11. The van der Waals surface area contributed by atoms with Crippen molar-refractivity contribution < 1.29 is 19.2 Å². The number of nitrogens with one attached hydrogen (secondary N) is 2. The van der Waals surface area contributed by atoms with Gasteiger partial charge in [0.15, 0.2) is 0 Å². The molecule has 1 atom stereocenters. The van der Waals surface area contributed by atoms with Crippen LogP contribution in [0.2, 0.25) is 0 Å². The molecule has 0 fully saturated rings. The Kier molecular flexibility index (Phi) is 6.93. The Morgan fingerprint density at radius 1 is 1.26 bits per heavy atom. The summed E-state index contributed by atoms with van der Waals surface area (Å²) in [6.07, 6.45) is 0.845. The summed E-state index contributed by atoms with van der Waals surface area (Å²) in [4.78, 5) is 28.7. The Morgan fingerprint density at radius 3 is 2.74 bits per heavy atom. The second-order valence-electron chi connectivity index (χ2n) is 6.36. The second kappa shape index (κ2) is 9.39. The van der Waals surface area contributed by atoms with Crippen LogP contribution in [0, 0.1) is 0 Å². The molecule has 1 aromatic heterocycles. The largest absolute Gasteiger partial charge is 0.462 e. The molecule has 0 radical (unpaired) electrons. The molecule has 1 aliphatic heterocycles. The van der Waals surface area contributed by atoms with Gasteiger partial charge in [0.25, 0.3) is 0 Å². The van der Waals surface area contributed by atoms with Crippen LogP contribution in [0.1, 0.15) is 34.6 Å². The van der Waals surface area contributed by atoms with Gasteiger partial charge in [-0.1, -0.05) is 18.2 Å². The lowest BCUT2D eigenvalue weighted by atomic mass is 10.0. The smallest absolute Gasteiger partial charge is 0.341 e. The zero-order valence-corrected chi connectivity index (χ0v) is 17.3. The first kappa shape index (κ1) is 19.9. The number of benzene rings is 1. The number of carbonyl (C=O) groups excluding carboxylic acids is 2. The molecule has 1 aliphatic rings. The molecule has 7 heteroatoms. The second-order valence-corrected chi connectivity index (χ2v) is 8.51.